The van der Waals surface area contributed by atoms with Gasteiger partial charge in [0.1, 0.15) is 11.2 Å². The van der Waals surface area contributed by atoms with Gasteiger partial charge < -0.3 is 4.42 Å². The van der Waals surface area contributed by atoms with Gasteiger partial charge in [-0.1, -0.05) is 311 Å². The molecule has 0 saturated carbocycles. The molecule has 0 fully saturated rings. The first-order valence-electron chi connectivity index (χ1n) is 36.8. The monoisotopic (exact) mass is 1380 g/mol. The number of fused-ring (bicyclic) bond motifs is 18. The van der Waals surface area contributed by atoms with Crippen LogP contribution in [0.5, 0.6) is 0 Å². The molecule has 3 aromatic heterocycles. The summed E-state index contributed by atoms with van der Waals surface area (Å²) in [5, 5.41) is 21.8. The molecule has 1 aliphatic rings. The van der Waals surface area contributed by atoms with Crippen molar-refractivity contribution in [1.29, 1.82) is 0 Å². The molecule has 0 bridgehead atoms. The molecule has 0 unspecified atom stereocenters. The minimum atomic E-state index is -0.0548. The van der Waals surface area contributed by atoms with Crippen LogP contribution in [-0.4, -0.2) is 29.9 Å². The molecule has 3 heterocycles. The molecule has 7 nitrogen and oxygen atoms in total. The number of benzene rings is 18. The lowest BCUT2D eigenvalue weighted by molar-refractivity contribution is 0.661. The first-order chi connectivity index (χ1) is 53.3. The molecule has 18 aromatic carbocycles. The Morgan fingerprint density at radius 1 is 0.194 bits per heavy atom. The molecule has 108 heavy (non-hydrogen) atoms. The second-order valence-electron chi connectivity index (χ2n) is 28.8. The highest BCUT2D eigenvalue weighted by Gasteiger charge is 2.36. The largest absolute Gasteiger partial charge is 0.456 e. The quantitative estimate of drug-likeness (QED) is 0.140. The van der Waals surface area contributed by atoms with E-state index in [1.54, 1.807) is 0 Å². The fourth-order valence-electron chi connectivity index (χ4n) is 16.9. The smallest absolute Gasteiger partial charge is 0.164 e. The van der Waals surface area contributed by atoms with Gasteiger partial charge in [0, 0.05) is 49.6 Å². The highest BCUT2D eigenvalue weighted by Crippen LogP contribution is 2.51. The predicted octanol–water partition coefficient (Wildman–Crippen LogP) is 26.5. The SMILES string of the molecule is CC1(C)c2ccccc2-c2cc3ccc4ccc5cc(-c6ccc(-c7nc(-c8ccccc8)nc(-c8ccccc8)n7)c7ccccc67)ccc5c4c3cc21.c1ccc(-c2nc(-c3ccccc3)nc(-c3ccc(-c4ccc5c(ccc6ccc7cc8oc9ccccc9c8cc7c65)c4)c4ccccc34)n2)cc1. The number of aromatic nitrogens is 6. The van der Waals surface area contributed by atoms with Crippen LogP contribution < -0.4 is 0 Å². The van der Waals surface area contributed by atoms with Gasteiger partial charge in [-0.05, 0) is 185 Å². The number of hydrogen-bond acceptors (Lipinski definition) is 7. The number of para-hydroxylation sites is 1. The molecule has 0 radical (unpaired) electrons. The molecule has 0 amide bonds. The zero-order valence-electron chi connectivity index (χ0n) is 59.1. The van der Waals surface area contributed by atoms with Gasteiger partial charge in [0.15, 0.2) is 34.9 Å². The lowest BCUT2D eigenvalue weighted by atomic mass is 9.81. The van der Waals surface area contributed by atoms with E-state index < -0.39 is 0 Å². The number of furan rings is 1. The number of nitrogens with zero attached hydrogens (tertiary/aromatic N) is 6. The van der Waals surface area contributed by atoms with Crippen molar-refractivity contribution in [3.05, 3.63) is 363 Å². The van der Waals surface area contributed by atoms with Crippen molar-refractivity contribution in [3.63, 3.8) is 0 Å². The zero-order chi connectivity index (χ0) is 71.6. The summed E-state index contributed by atoms with van der Waals surface area (Å²) in [7, 11) is 0. The van der Waals surface area contributed by atoms with E-state index in [4.69, 9.17) is 34.3 Å². The van der Waals surface area contributed by atoms with E-state index in [2.05, 4.69) is 232 Å². The molecular formula is C101H64N6O. The summed E-state index contributed by atoms with van der Waals surface area (Å²) >= 11 is 0. The van der Waals surface area contributed by atoms with E-state index in [1.165, 1.54) is 98.0 Å². The van der Waals surface area contributed by atoms with Crippen molar-refractivity contribution in [3.8, 4) is 102 Å². The Bertz CT molecular complexity index is 7140. The zero-order valence-corrected chi connectivity index (χ0v) is 59.1. The van der Waals surface area contributed by atoms with E-state index in [9.17, 15) is 0 Å². The summed E-state index contributed by atoms with van der Waals surface area (Å²) in [5.74, 6) is 3.92. The van der Waals surface area contributed by atoms with Gasteiger partial charge in [-0.25, -0.2) is 29.9 Å². The Labute approximate surface area is 622 Å². The van der Waals surface area contributed by atoms with Crippen LogP contribution in [0.2, 0.25) is 0 Å². The van der Waals surface area contributed by atoms with Gasteiger partial charge in [-0.3, -0.25) is 0 Å². The molecule has 504 valence electrons. The molecule has 0 aliphatic heterocycles. The van der Waals surface area contributed by atoms with Crippen LogP contribution in [0.4, 0.5) is 0 Å². The summed E-state index contributed by atoms with van der Waals surface area (Å²) in [6.07, 6.45) is 0. The Hall–Kier alpha value is -14.1. The molecule has 22 rings (SSSR count). The van der Waals surface area contributed by atoms with E-state index in [-0.39, 0.29) is 5.41 Å². The molecule has 0 N–H and O–H groups in total. The fraction of sp³-hybridized carbons (Fsp3) is 0.0297. The standard InChI is InChI=1S/C52H35N3.C49H29N3O/c1-52(2)46-20-12-11-19-42(46)45-30-37-24-22-32-21-23-36-29-35(25-26-39(36)48(32)44(37)31-47(45)52)38-27-28-43(41-18-10-9-17-40(38)41)51-54-49(33-13-5-3-6-14-33)53-50(55-51)34-15-7-4-8-16-34;1-3-11-31(12-4-1)47-50-48(32-13-5-2-6-14-32)52-49(51-47)41-26-25-36(38-15-7-8-16-39(38)41)33-23-24-37-34(27-33)21-19-30-20-22-35-28-45-43(29-42(35)46(30)37)40-17-9-10-18-44(40)53-45/h3-31H,1-2H3;1-29H. The predicted molar refractivity (Wildman–Crippen MR) is 448 cm³/mol. The van der Waals surface area contributed by atoms with Crippen LogP contribution in [0.25, 0.3) is 210 Å². The summed E-state index contributed by atoms with van der Waals surface area (Å²) in [6.45, 7) is 4.72. The molecular weight excluding hydrogens is 1310 g/mol. The van der Waals surface area contributed by atoms with Crippen molar-refractivity contribution in [2.45, 2.75) is 19.3 Å². The van der Waals surface area contributed by atoms with Gasteiger partial charge in [0.2, 0.25) is 0 Å². The van der Waals surface area contributed by atoms with Crippen LogP contribution in [-0.2, 0) is 5.41 Å². The van der Waals surface area contributed by atoms with Crippen molar-refractivity contribution in [1.82, 2.24) is 29.9 Å². The fourth-order valence-corrected chi connectivity index (χ4v) is 16.9. The third-order valence-electron chi connectivity index (χ3n) is 22.2. The summed E-state index contributed by atoms with van der Waals surface area (Å²) < 4.78 is 6.24. The van der Waals surface area contributed by atoms with E-state index in [0.717, 1.165) is 88.0 Å². The lowest BCUT2D eigenvalue weighted by Gasteiger charge is -2.22. The maximum Gasteiger partial charge on any atom is 0.164 e. The highest BCUT2D eigenvalue weighted by molar-refractivity contribution is 6.25. The maximum atomic E-state index is 6.24. The topological polar surface area (TPSA) is 90.5 Å². The minimum absolute atomic E-state index is 0.0548. The highest BCUT2D eigenvalue weighted by atomic mass is 16.3. The molecule has 21 aromatic rings. The van der Waals surface area contributed by atoms with Gasteiger partial charge >= 0.3 is 0 Å². The van der Waals surface area contributed by atoms with Crippen LogP contribution in [0.15, 0.2) is 356 Å². The molecule has 7 heteroatoms. The minimum Gasteiger partial charge on any atom is -0.456 e. The second kappa shape index (κ2) is 25.1. The number of hydrogen-bond donors (Lipinski definition) is 0. The first-order valence-corrected chi connectivity index (χ1v) is 36.8. The van der Waals surface area contributed by atoms with Crippen LogP contribution in [0.1, 0.15) is 25.0 Å². The maximum absolute atomic E-state index is 6.24. The molecule has 0 saturated heterocycles. The Morgan fingerprint density at radius 2 is 0.556 bits per heavy atom. The summed E-state index contributed by atoms with van der Waals surface area (Å²) in [4.78, 5) is 30.1. The summed E-state index contributed by atoms with van der Waals surface area (Å²) in [5.41, 5.74) is 17.7. The van der Waals surface area contributed by atoms with Crippen LogP contribution in [0, 0.1) is 0 Å². The Morgan fingerprint density at radius 3 is 1.03 bits per heavy atom. The van der Waals surface area contributed by atoms with E-state index in [1.807, 2.05) is 133 Å². The first kappa shape index (κ1) is 62.4. The lowest BCUT2D eigenvalue weighted by Crippen LogP contribution is -2.14. The Balaban J connectivity index is 0.000000138. The van der Waals surface area contributed by atoms with Crippen molar-refractivity contribution >= 4 is 108 Å². The molecule has 1 aliphatic carbocycles. The third kappa shape index (κ3) is 10.4. The summed E-state index contributed by atoms with van der Waals surface area (Å²) in [6, 6.07) is 125. The van der Waals surface area contributed by atoms with Crippen molar-refractivity contribution in [2.75, 3.05) is 0 Å². The third-order valence-corrected chi connectivity index (χ3v) is 22.2. The van der Waals surface area contributed by atoms with Crippen molar-refractivity contribution in [2.24, 2.45) is 0 Å². The van der Waals surface area contributed by atoms with Gasteiger partial charge in [0.25, 0.3) is 0 Å². The average molecular weight is 1380 g/mol. The molecule has 0 atom stereocenters. The molecule has 0 spiro atoms. The normalized spacial score (nSPS) is 12.4. The average Bonchev–Trinajstić information content (AvgIpc) is 1.50. The van der Waals surface area contributed by atoms with Gasteiger partial charge in [-0.15, -0.1) is 0 Å². The van der Waals surface area contributed by atoms with E-state index >= 15 is 0 Å². The van der Waals surface area contributed by atoms with Crippen LogP contribution >= 0.6 is 0 Å². The van der Waals surface area contributed by atoms with Crippen LogP contribution in [0.3, 0.4) is 0 Å². The second-order valence-corrected chi connectivity index (χ2v) is 28.8. The van der Waals surface area contributed by atoms with Gasteiger partial charge in [0.05, 0.1) is 0 Å². The number of rotatable bonds is 8. The van der Waals surface area contributed by atoms with Crippen molar-refractivity contribution < 1.29 is 4.42 Å². The van der Waals surface area contributed by atoms with E-state index in [0.29, 0.717) is 34.9 Å². The Kier molecular flexibility index (Phi) is 14.5. The van der Waals surface area contributed by atoms with Gasteiger partial charge in [-0.2, -0.15) is 0 Å².